The van der Waals surface area contributed by atoms with Gasteiger partial charge in [0.1, 0.15) is 54.4 Å². The van der Waals surface area contributed by atoms with Gasteiger partial charge in [0.25, 0.3) is 0 Å². The summed E-state index contributed by atoms with van der Waals surface area (Å²) in [5, 5.41) is 59.8. The summed E-state index contributed by atoms with van der Waals surface area (Å²) in [5.74, 6) is -13.9. The van der Waals surface area contributed by atoms with E-state index in [4.69, 9.17) is 40.1 Å². The lowest BCUT2D eigenvalue weighted by Gasteiger charge is -2.26. The van der Waals surface area contributed by atoms with E-state index in [-0.39, 0.29) is 44.7 Å². The van der Waals surface area contributed by atoms with Crippen molar-refractivity contribution < 1.29 is 78.0 Å². The van der Waals surface area contributed by atoms with E-state index in [0.29, 0.717) is 32.2 Å². The second-order valence-electron chi connectivity index (χ2n) is 17.1. The minimum atomic E-state index is -1.86. The van der Waals surface area contributed by atoms with E-state index < -0.39 is 176 Å². The highest BCUT2D eigenvalue weighted by atomic mass is 32.1. The molecule has 0 rings (SSSR count). The number of nitrogens with zero attached hydrogens (tertiary/aromatic N) is 1. The fourth-order valence-corrected chi connectivity index (χ4v) is 6.75. The number of unbranched alkanes of at least 4 members (excludes halogenated alkanes) is 2. The van der Waals surface area contributed by atoms with Crippen LogP contribution in [-0.4, -0.2) is 203 Å². The van der Waals surface area contributed by atoms with Crippen LogP contribution in [0.3, 0.4) is 0 Å². The molecule has 0 saturated heterocycles. The van der Waals surface area contributed by atoms with Crippen molar-refractivity contribution in [3.05, 3.63) is 0 Å². The Kier molecular flexibility index (Phi) is 34.2. The van der Waals surface area contributed by atoms with Crippen molar-refractivity contribution in [3.63, 3.8) is 0 Å². The number of carbonyl (C=O) groups excluding carboxylic acids is 11. The van der Waals surface area contributed by atoms with Gasteiger partial charge in [-0.2, -0.15) is 12.6 Å². The number of aliphatic hydroxyl groups excluding tert-OH is 3. The predicted octanol–water partition coefficient (Wildman–Crippen LogP) is -10.9. The zero-order valence-corrected chi connectivity index (χ0v) is 43.0. The van der Waals surface area contributed by atoms with E-state index in [0.717, 1.165) is 6.92 Å². The van der Waals surface area contributed by atoms with Crippen molar-refractivity contribution in [2.75, 3.05) is 45.2 Å². The van der Waals surface area contributed by atoms with Crippen LogP contribution in [0, 0.1) is 0 Å². The van der Waals surface area contributed by atoms with Crippen LogP contribution in [0.15, 0.2) is 4.99 Å². The highest BCUT2D eigenvalue weighted by Gasteiger charge is 2.35. The molecule has 432 valence electrons. The van der Waals surface area contributed by atoms with Crippen LogP contribution in [-0.2, 0) is 57.5 Å². The Labute approximate surface area is 442 Å². The van der Waals surface area contributed by atoms with Crippen LogP contribution in [0.25, 0.3) is 0 Å². The number of rotatable bonds is 40. The normalized spacial score (nSPS) is 14.8. The number of carboxylic acid groups (broad SMARTS) is 1. The smallest absolute Gasteiger partial charge is 0.326 e. The Bertz CT molecular complexity index is 2000. The van der Waals surface area contributed by atoms with E-state index in [1.54, 1.807) is 0 Å². The maximum absolute atomic E-state index is 13.5. The summed E-state index contributed by atoms with van der Waals surface area (Å²) in [6, 6.07) is -15.8. The van der Waals surface area contributed by atoms with Crippen molar-refractivity contribution in [3.8, 4) is 0 Å². The van der Waals surface area contributed by atoms with Gasteiger partial charge in [0.15, 0.2) is 5.96 Å². The number of carboxylic acids is 1. The largest absolute Gasteiger partial charge is 0.480 e. The van der Waals surface area contributed by atoms with Crippen LogP contribution in [0.2, 0.25) is 0 Å². The van der Waals surface area contributed by atoms with Gasteiger partial charge >= 0.3 is 5.97 Å². The highest BCUT2D eigenvalue weighted by molar-refractivity contribution is 7.80. The average molecular weight is 1110 g/mol. The van der Waals surface area contributed by atoms with Gasteiger partial charge in [0.05, 0.1) is 32.3 Å². The molecule has 11 amide bonds. The number of aliphatic imine (C=N–C) groups is 1. The Morgan fingerprint density at radius 3 is 1.29 bits per heavy atom. The Hall–Kier alpha value is -6.98. The SMILES string of the molecule is C[C@H](NC(=O)[C@H](CO)NC(=O)[C@H](CCC(N)=O)NC(=O)[C@H](CS)NC(=O)[C@H](CO)NC(=O)[C@H](CC(N)=O)NC(=O)[C@@H](N)CCCCN)C(=O)N[C@@H](CO)C(=O)N[C@@H](CCCCN)C(=O)N[C@@H](CCCN=C(N)N)C(=O)O. The zero-order valence-electron chi connectivity index (χ0n) is 42.1. The lowest BCUT2D eigenvalue weighted by atomic mass is 10.1. The van der Waals surface area contributed by atoms with E-state index >= 15 is 0 Å². The molecule has 27 N–H and O–H groups in total. The van der Waals surface area contributed by atoms with E-state index in [2.05, 4.69) is 65.5 Å². The summed E-state index contributed by atoms with van der Waals surface area (Å²) in [4.78, 5) is 158. The Morgan fingerprint density at radius 1 is 0.461 bits per heavy atom. The quantitative estimate of drug-likeness (QED) is 0.0117. The minimum absolute atomic E-state index is 0.0344. The van der Waals surface area contributed by atoms with Crippen LogP contribution >= 0.6 is 12.6 Å². The topological polar surface area (TPSA) is 589 Å². The summed E-state index contributed by atoms with van der Waals surface area (Å²) >= 11 is 4.05. The fraction of sp³-hybridized carbons (Fsp3) is 0.690. The first-order valence-electron chi connectivity index (χ1n) is 24.0. The number of guanidine groups is 1. The Morgan fingerprint density at radius 2 is 0.842 bits per heavy atom. The molecule has 76 heavy (non-hydrogen) atoms. The number of carbonyl (C=O) groups is 12. The third-order valence-electron chi connectivity index (χ3n) is 10.8. The number of primary amides is 2. The number of thiol groups is 1. The van der Waals surface area contributed by atoms with Gasteiger partial charge in [-0.05, 0) is 71.4 Å². The molecule has 0 spiro atoms. The summed E-state index contributed by atoms with van der Waals surface area (Å²) in [5.41, 5.74) is 37.9. The van der Waals surface area contributed by atoms with Gasteiger partial charge in [-0.3, -0.25) is 57.7 Å². The first-order valence-corrected chi connectivity index (χ1v) is 24.6. The number of hydrogen-bond acceptors (Lipinski definition) is 20. The average Bonchev–Trinajstić information content (AvgIpc) is 3.36. The molecule has 0 heterocycles. The van der Waals surface area contributed by atoms with E-state index in [9.17, 15) is 78.0 Å². The molecule has 34 heteroatoms. The first kappa shape index (κ1) is 69.0. The number of aliphatic carboxylic acids is 1. The second kappa shape index (κ2) is 37.7. The molecule has 0 aliphatic rings. The molecule has 0 bridgehead atoms. The number of nitrogens with two attached hydrogens (primary N) is 7. The van der Waals surface area contributed by atoms with Crippen molar-refractivity contribution in [1.29, 1.82) is 0 Å². The molecule has 0 unspecified atom stereocenters. The van der Waals surface area contributed by atoms with Crippen LogP contribution in [0.4, 0.5) is 0 Å². The lowest BCUT2D eigenvalue weighted by Crippen LogP contribution is -2.61. The summed E-state index contributed by atoms with van der Waals surface area (Å²) in [6.07, 6.45) is 0.164. The molecule has 0 saturated carbocycles. The maximum atomic E-state index is 13.5. The van der Waals surface area contributed by atoms with Crippen molar-refractivity contribution in [1.82, 2.24) is 47.9 Å². The van der Waals surface area contributed by atoms with Gasteiger partial charge in [-0.15, -0.1) is 0 Å². The van der Waals surface area contributed by atoms with Crippen molar-refractivity contribution in [2.45, 2.75) is 138 Å². The van der Waals surface area contributed by atoms with Crippen LogP contribution < -0.4 is 88.0 Å². The number of nitrogens with one attached hydrogen (secondary N) is 9. The van der Waals surface area contributed by atoms with Gasteiger partial charge < -0.3 is 108 Å². The second-order valence-corrected chi connectivity index (χ2v) is 17.5. The summed E-state index contributed by atoms with van der Waals surface area (Å²) in [6.45, 7) is -1.49. The molecule has 33 nitrogen and oxygen atoms in total. The molecule has 10 atom stereocenters. The maximum Gasteiger partial charge on any atom is 0.326 e. The molecule has 0 aromatic heterocycles. The minimum Gasteiger partial charge on any atom is -0.480 e. The molecule has 0 aliphatic heterocycles. The number of hydrogen-bond donors (Lipinski definition) is 21. The molecule has 0 aliphatic carbocycles. The zero-order chi connectivity index (χ0) is 58.1. The highest BCUT2D eigenvalue weighted by Crippen LogP contribution is 2.07. The van der Waals surface area contributed by atoms with Gasteiger partial charge in [-0.1, -0.05) is 6.42 Å². The van der Waals surface area contributed by atoms with Gasteiger partial charge in [-0.25, -0.2) is 4.79 Å². The molecule has 0 fully saturated rings. The van der Waals surface area contributed by atoms with E-state index in [1.165, 1.54) is 0 Å². The Balaban J connectivity index is 5.98. The van der Waals surface area contributed by atoms with Crippen LogP contribution in [0.5, 0.6) is 0 Å². The molecule has 0 aromatic carbocycles. The molecular weight excluding hydrogens is 1030 g/mol. The fourth-order valence-electron chi connectivity index (χ4n) is 6.49. The number of amides is 11. The standard InChI is InChI=1S/C42H77N17O16S/c1-20(32(65)56-27(17-61)38(71)52-22(8-3-5-13-44)34(67)54-24(41(74)75)9-6-14-50-42(48)49)51-37(70)26(16-60)57-35(68)23(10-11-30(46)63)53-40(73)29(19-76)59-39(72)28(18-62)58-36(69)25(15-31(47)64)55-33(66)21(45)7-2-4-12-43/h20-29,60-62,76H,2-19,43-45H2,1H3,(H2,46,63)(H2,47,64)(H,51,70)(H,52,71)(H,53,73)(H,54,67)(H,55,66)(H,56,65)(H,57,68)(H,58,69)(H,59,72)(H,74,75)(H4,48,49,50)/t20-,21-,22-,23-,24-,25-,26-,27-,28-,29-/m0/s1. The predicted molar refractivity (Wildman–Crippen MR) is 272 cm³/mol. The summed E-state index contributed by atoms with van der Waals surface area (Å²) < 4.78 is 0. The van der Waals surface area contributed by atoms with E-state index in [1.807, 2.05) is 0 Å². The monoisotopic (exact) mass is 1110 g/mol. The van der Waals surface area contributed by atoms with Crippen LogP contribution in [0.1, 0.15) is 77.6 Å². The lowest BCUT2D eigenvalue weighted by molar-refractivity contribution is -0.142. The third kappa shape index (κ3) is 27.5. The van der Waals surface area contributed by atoms with Gasteiger partial charge in [0, 0.05) is 18.7 Å². The summed E-state index contributed by atoms with van der Waals surface area (Å²) in [7, 11) is 0. The number of aliphatic hydroxyl groups is 3. The first-order chi connectivity index (χ1) is 35.8. The third-order valence-corrected chi connectivity index (χ3v) is 11.2. The molecular formula is C42H77N17O16S. The molecule has 0 radical (unpaired) electrons. The van der Waals surface area contributed by atoms with Crippen molar-refractivity contribution in [2.24, 2.45) is 45.1 Å². The van der Waals surface area contributed by atoms with Crippen molar-refractivity contribution >= 4 is 89.5 Å². The van der Waals surface area contributed by atoms with Gasteiger partial charge in [0.2, 0.25) is 65.0 Å². The molecule has 0 aromatic rings.